The normalized spacial score (nSPS) is 17.1. The average Bonchev–Trinajstić information content (AvgIpc) is 3.53. The number of Topliss-reactive ketones (excluding diaryl/α,β-unsaturated/α-hetero) is 1. The van der Waals surface area contributed by atoms with E-state index in [4.69, 9.17) is 9.47 Å². The van der Waals surface area contributed by atoms with Gasteiger partial charge in [0.15, 0.2) is 11.4 Å². The van der Waals surface area contributed by atoms with Crippen molar-refractivity contribution in [2.24, 2.45) is 0 Å². The van der Waals surface area contributed by atoms with Crippen molar-refractivity contribution in [1.82, 2.24) is 19.3 Å². The minimum Gasteiger partial charge on any atom is -0.466 e. The van der Waals surface area contributed by atoms with E-state index in [0.29, 0.717) is 61.0 Å². The van der Waals surface area contributed by atoms with Crippen molar-refractivity contribution in [3.8, 4) is 0 Å². The highest BCUT2D eigenvalue weighted by molar-refractivity contribution is 5.98. The number of imidazole rings is 1. The molecule has 5 rings (SSSR count). The third-order valence-electron chi connectivity index (χ3n) is 7.50. The van der Waals surface area contributed by atoms with Gasteiger partial charge in [0, 0.05) is 57.8 Å². The summed E-state index contributed by atoms with van der Waals surface area (Å²) >= 11 is 0. The number of hydrogen-bond donors (Lipinski definition) is 0. The third-order valence-corrected chi connectivity index (χ3v) is 7.50. The standard InChI is InChI=1S/C29H33FN6O6/c1-3-41-27(39)9-5-21-18-36(29(40)42-21)20-4-6-23(22(30)16-20)33-12-14-34(15-13-33)26(38)8-7-24(37)28-19(2)32-25-17-31-10-11-35(25)28/h4,6,10-11,16-17,21H,3,5,7-9,12-15,18H2,1-2H3/t21-/m0/s1. The highest BCUT2D eigenvalue weighted by Crippen LogP contribution is 2.29. The Hall–Kier alpha value is -4.55. The number of amides is 2. The zero-order valence-corrected chi connectivity index (χ0v) is 23.6. The number of hydrogen-bond acceptors (Lipinski definition) is 9. The molecule has 222 valence electrons. The Bertz CT molecular complexity index is 1500. The number of nitrogens with zero attached hydrogens (tertiary/aromatic N) is 6. The van der Waals surface area contributed by atoms with Gasteiger partial charge in [-0.1, -0.05) is 0 Å². The number of halogens is 1. The molecule has 1 aromatic carbocycles. The van der Waals surface area contributed by atoms with Crippen molar-refractivity contribution >= 4 is 40.8 Å². The number of cyclic esters (lactones) is 1. The Balaban J connectivity index is 1.12. The first-order chi connectivity index (χ1) is 20.2. The second-order valence-corrected chi connectivity index (χ2v) is 10.2. The maximum Gasteiger partial charge on any atom is 0.414 e. The molecule has 0 saturated carbocycles. The third kappa shape index (κ3) is 6.19. The van der Waals surface area contributed by atoms with Gasteiger partial charge in [0.25, 0.3) is 0 Å². The molecule has 3 aromatic rings. The number of aromatic nitrogens is 3. The van der Waals surface area contributed by atoms with Crippen LogP contribution in [0.3, 0.4) is 0 Å². The first kappa shape index (κ1) is 29.0. The number of ketones is 1. The summed E-state index contributed by atoms with van der Waals surface area (Å²) in [6.45, 7) is 5.64. The van der Waals surface area contributed by atoms with E-state index in [0.717, 1.165) is 0 Å². The van der Waals surface area contributed by atoms with Crippen molar-refractivity contribution in [3.63, 3.8) is 0 Å². The topological polar surface area (TPSA) is 127 Å². The SMILES string of the molecule is CCOC(=O)CC[C@H]1CN(c2ccc(N3CCN(C(=O)CCC(=O)c4c(C)nc5cnccn45)CC3)c(F)c2)C(=O)O1. The maximum absolute atomic E-state index is 15.2. The zero-order valence-electron chi connectivity index (χ0n) is 23.6. The molecule has 42 heavy (non-hydrogen) atoms. The lowest BCUT2D eigenvalue weighted by atomic mass is 10.1. The van der Waals surface area contributed by atoms with E-state index in [-0.39, 0.29) is 50.1 Å². The summed E-state index contributed by atoms with van der Waals surface area (Å²) < 4.78 is 27.1. The van der Waals surface area contributed by atoms with Gasteiger partial charge in [0.2, 0.25) is 5.91 Å². The maximum atomic E-state index is 15.2. The van der Waals surface area contributed by atoms with Gasteiger partial charge in [-0.15, -0.1) is 0 Å². The van der Waals surface area contributed by atoms with Gasteiger partial charge in [-0.05, 0) is 38.5 Å². The number of ether oxygens (including phenoxy) is 2. The van der Waals surface area contributed by atoms with E-state index in [9.17, 15) is 19.2 Å². The fourth-order valence-corrected chi connectivity index (χ4v) is 5.37. The van der Waals surface area contributed by atoms with Crippen molar-refractivity contribution in [2.45, 2.75) is 45.6 Å². The quantitative estimate of drug-likeness (QED) is 0.263. The summed E-state index contributed by atoms with van der Waals surface area (Å²) in [5, 5.41) is 0. The van der Waals surface area contributed by atoms with Crippen LogP contribution in [0, 0.1) is 12.7 Å². The van der Waals surface area contributed by atoms with E-state index in [1.165, 1.54) is 11.0 Å². The molecule has 2 fully saturated rings. The highest BCUT2D eigenvalue weighted by atomic mass is 19.1. The van der Waals surface area contributed by atoms with Gasteiger partial charge < -0.3 is 19.3 Å². The van der Waals surface area contributed by atoms with Crippen LogP contribution < -0.4 is 9.80 Å². The predicted octanol–water partition coefficient (Wildman–Crippen LogP) is 3.16. The minimum absolute atomic E-state index is 0.0642. The van der Waals surface area contributed by atoms with Crippen LogP contribution in [0.2, 0.25) is 0 Å². The Labute approximate surface area is 242 Å². The van der Waals surface area contributed by atoms with E-state index in [1.807, 2.05) is 4.90 Å². The van der Waals surface area contributed by atoms with Crippen LogP contribution in [0.5, 0.6) is 0 Å². The molecule has 2 amide bonds. The molecule has 0 bridgehead atoms. The predicted molar refractivity (Wildman–Crippen MR) is 150 cm³/mol. The lowest BCUT2D eigenvalue weighted by molar-refractivity contribution is -0.143. The highest BCUT2D eigenvalue weighted by Gasteiger charge is 2.33. The number of piperazine rings is 1. The number of anilines is 2. The van der Waals surface area contributed by atoms with Gasteiger partial charge in [0.05, 0.1) is 36.4 Å². The fourth-order valence-electron chi connectivity index (χ4n) is 5.37. The van der Waals surface area contributed by atoms with Gasteiger partial charge in [-0.3, -0.25) is 28.7 Å². The van der Waals surface area contributed by atoms with Crippen LogP contribution in [-0.4, -0.2) is 88.5 Å². The molecule has 2 saturated heterocycles. The van der Waals surface area contributed by atoms with Crippen molar-refractivity contribution in [1.29, 1.82) is 0 Å². The summed E-state index contributed by atoms with van der Waals surface area (Å²) in [5.41, 5.74) is 2.38. The molecule has 2 aliphatic rings. The summed E-state index contributed by atoms with van der Waals surface area (Å²) in [6, 6.07) is 4.58. The number of fused-ring (bicyclic) bond motifs is 1. The Morgan fingerprint density at radius 1 is 1.12 bits per heavy atom. The van der Waals surface area contributed by atoms with E-state index < -0.39 is 18.0 Å². The molecular weight excluding hydrogens is 547 g/mol. The van der Waals surface area contributed by atoms with Crippen LogP contribution in [-0.2, 0) is 19.1 Å². The average molecular weight is 581 g/mol. The Morgan fingerprint density at radius 2 is 1.90 bits per heavy atom. The first-order valence-electron chi connectivity index (χ1n) is 14.0. The molecule has 12 nitrogen and oxygen atoms in total. The van der Waals surface area contributed by atoms with Gasteiger partial charge in [-0.25, -0.2) is 14.2 Å². The molecule has 0 aliphatic carbocycles. The summed E-state index contributed by atoms with van der Waals surface area (Å²) in [7, 11) is 0. The van der Waals surface area contributed by atoms with Crippen LogP contribution >= 0.6 is 0 Å². The summed E-state index contributed by atoms with van der Waals surface area (Å²) in [4.78, 5) is 63.0. The van der Waals surface area contributed by atoms with Gasteiger partial charge in [0.1, 0.15) is 17.6 Å². The fraction of sp³-hybridized carbons (Fsp3) is 0.448. The molecule has 0 spiro atoms. The van der Waals surface area contributed by atoms with Crippen molar-refractivity contribution in [2.75, 3.05) is 49.1 Å². The Morgan fingerprint density at radius 3 is 2.64 bits per heavy atom. The molecule has 2 aliphatic heterocycles. The molecule has 13 heteroatoms. The number of aryl methyl sites for hydroxylation is 1. The largest absolute Gasteiger partial charge is 0.466 e. The van der Waals surface area contributed by atoms with Crippen molar-refractivity contribution in [3.05, 3.63) is 54.0 Å². The van der Waals surface area contributed by atoms with E-state index in [1.54, 1.807) is 53.9 Å². The van der Waals surface area contributed by atoms with E-state index in [2.05, 4.69) is 9.97 Å². The van der Waals surface area contributed by atoms with Crippen molar-refractivity contribution < 1.29 is 33.0 Å². The number of carbonyl (C=O) groups excluding carboxylic acids is 4. The summed E-state index contributed by atoms with van der Waals surface area (Å²) in [5.74, 6) is -1.13. The molecule has 1 atom stereocenters. The van der Waals surface area contributed by atoms with E-state index >= 15 is 4.39 Å². The van der Waals surface area contributed by atoms with Crippen LogP contribution in [0.15, 0.2) is 36.8 Å². The molecule has 0 radical (unpaired) electrons. The second kappa shape index (κ2) is 12.5. The van der Waals surface area contributed by atoms with Crippen LogP contribution in [0.1, 0.15) is 48.8 Å². The number of carbonyl (C=O) groups is 4. The monoisotopic (exact) mass is 580 g/mol. The minimum atomic E-state index is -0.588. The number of esters is 1. The van der Waals surface area contributed by atoms with Gasteiger partial charge in [-0.2, -0.15) is 0 Å². The molecule has 0 N–H and O–H groups in total. The molecule has 0 unspecified atom stereocenters. The Kier molecular flexibility index (Phi) is 8.64. The summed E-state index contributed by atoms with van der Waals surface area (Å²) in [6.07, 6.45) is 4.38. The molecule has 4 heterocycles. The molecular formula is C29H33FN6O6. The number of rotatable bonds is 10. The van der Waals surface area contributed by atoms with Crippen LogP contribution in [0.25, 0.3) is 5.65 Å². The lowest BCUT2D eigenvalue weighted by Crippen LogP contribution is -2.49. The zero-order chi connectivity index (χ0) is 29.8. The first-order valence-corrected chi connectivity index (χ1v) is 14.0. The second-order valence-electron chi connectivity index (χ2n) is 10.2. The smallest absolute Gasteiger partial charge is 0.414 e. The van der Waals surface area contributed by atoms with Crippen LogP contribution in [0.4, 0.5) is 20.6 Å². The lowest BCUT2D eigenvalue weighted by Gasteiger charge is -2.36. The number of benzene rings is 1. The molecule has 2 aromatic heterocycles. The van der Waals surface area contributed by atoms with Gasteiger partial charge >= 0.3 is 12.1 Å².